The first-order valence-corrected chi connectivity index (χ1v) is 4.49. The van der Waals surface area contributed by atoms with Crippen LogP contribution in [-0.2, 0) is 9.53 Å². The maximum atomic E-state index is 11.0. The van der Waals surface area contributed by atoms with E-state index in [9.17, 15) is 9.90 Å². The molecule has 1 fully saturated rings. The Bertz CT molecular complexity index is 180. The minimum Gasteiger partial charge on any atom is -0.432 e. The second-order valence-electron chi connectivity index (χ2n) is 3.45. The number of carbonyl (C=O) groups excluding carboxylic acids is 1. The molecule has 5 heteroatoms. The number of carbonyl (C=O) groups is 1. The predicted octanol–water partition coefficient (Wildman–Crippen LogP) is -0.718. The van der Waals surface area contributed by atoms with Crippen molar-refractivity contribution in [3.63, 3.8) is 0 Å². The quantitative estimate of drug-likeness (QED) is 0.399. The van der Waals surface area contributed by atoms with Gasteiger partial charge in [0.2, 0.25) is 6.35 Å². The Morgan fingerprint density at radius 2 is 2.15 bits per heavy atom. The van der Waals surface area contributed by atoms with Crippen molar-refractivity contribution in [3.8, 4) is 0 Å². The van der Waals surface area contributed by atoms with Gasteiger partial charge in [0.05, 0.1) is 0 Å². The Morgan fingerprint density at radius 1 is 1.54 bits per heavy atom. The fraction of sp³-hybridized carbons (Fsp3) is 0.875. The molecule has 5 nitrogen and oxygen atoms in total. The highest BCUT2D eigenvalue weighted by Crippen LogP contribution is 2.30. The van der Waals surface area contributed by atoms with Crippen LogP contribution in [0.3, 0.4) is 0 Å². The molecule has 0 saturated heterocycles. The molecule has 0 aromatic rings. The zero-order chi connectivity index (χ0) is 9.84. The smallest absolute Gasteiger partial charge is 0.337 e. The van der Waals surface area contributed by atoms with E-state index in [1.807, 2.05) is 0 Å². The third-order valence-corrected chi connectivity index (χ3v) is 2.31. The van der Waals surface area contributed by atoms with Gasteiger partial charge in [0.25, 0.3) is 0 Å². The summed E-state index contributed by atoms with van der Waals surface area (Å²) in [7, 11) is 0. The molecule has 0 spiro atoms. The Kier molecular flexibility index (Phi) is 3.65. The van der Waals surface area contributed by atoms with E-state index < -0.39 is 18.4 Å². The normalized spacial score (nSPS) is 19.7. The third kappa shape index (κ3) is 3.30. The summed E-state index contributed by atoms with van der Waals surface area (Å²) in [6, 6.07) is 0. The molecule has 13 heavy (non-hydrogen) atoms. The molecule has 1 aliphatic rings. The van der Waals surface area contributed by atoms with Gasteiger partial charge in [0.1, 0.15) is 0 Å². The van der Waals surface area contributed by atoms with Crippen molar-refractivity contribution < 1.29 is 14.6 Å². The molecule has 1 atom stereocenters. The summed E-state index contributed by atoms with van der Waals surface area (Å²) in [5.74, 6) is -0.265. The third-order valence-electron chi connectivity index (χ3n) is 2.31. The lowest BCUT2D eigenvalue weighted by molar-refractivity contribution is -0.159. The number of aliphatic hydroxyl groups is 1. The minimum absolute atomic E-state index is 0.455. The molecule has 0 aromatic carbocycles. The van der Waals surface area contributed by atoms with E-state index in [0.717, 1.165) is 12.8 Å². The number of rotatable bonds is 4. The van der Waals surface area contributed by atoms with Crippen LogP contribution in [0, 0.1) is 5.92 Å². The predicted molar refractivity (Wildman–Crippen MR) is 46.2 cm³/mol. The molecule has 0 aromatic heterocycles. The number of ether oxygens (including phenoxy) is 1. The summed E-state index contributed by atoms with van der Waals surface area (Å²) in [5.41, 5.74) is 10.1. The summed E-state index contributed by atoms with van der Waals surface area (Å²) in [5, 5.41) is 9.32. The van der Waals surface area contributed by atoms with Crippen LogP contribution in [0.4, 0.5) is 0 Å². The average molecular weight is 188 g/mol. The van der Waals surface area contributed by atoms with Gasteiger partial charge in [-0.15, -0.1) is 0 Å². The highest BCUT2D eigenvalue weighted by molar-refractivity contribution is 5.74. The highest BCUT2D eigenvalue weighted by Gasteiger charge is 2.26. The molecule has 0 bridgehead atoms. The van der Waals surface area contributed by atoms with Gasteiger partial charge in [-0.2, -0.15) is 0 Å². The van der Waals surface area contributed by atoms with Crippen molar-refractivity contribution in [1.29, 1.82) is 0 Å². The van der Waals surface area contributed by atoms with Crippen LogP contribution in [0.1, 0.15) is 25.7 Å². The fourth-order valence-corrected chi connectivity index (χ4v) is 1.35. The number of aliphatic hydroxyl groups excluding tert-OH is 1. The van der Waals surface area contributed by atoms with E-state index in [2.05, 4.69) is 4.74 Å². The zero-order valence-corrected chi connectivity index (χ0v) is 7.48. The van der Waals surface area contributed by atoms with Gasteiger partial charge in [-0.25, -0.2) is 4.79 Å². The van der Waals surface area contributed by atoms with E-state index in [-0.39, 0.29) is 0 Å². The first-order valence-electron chi connectivity index (χ1n) is 4.49. The van der Waals surface area contributed by atoms with Crippen LogP contribution in [0.5, 0.6) is 0 Å². The molecule has 1 saturated carbocycles. The zero-order valence-electron chi connectivity index (χ0n) is 7.48. The van der Waals surface area contributed by atoms with Gasteiger partial charge in [0, 0.05) is 0 Å². The van der Waals surface area contributed by atoms with E-state index in [0.29, 0.717) is 12.3 Å². The Morgan fingerprint density at radius 3 is 2.54 bits per heavy atom. The van der Waals surface area contributed by atoms with Gasteiger partial charge in [-0.1, -0.05) is 19.3 Å². The van der Waals surface area contributed by atoms with Crippen LogP contribution in [0.15, 0.2) is 0 Å². The molecule has 0 heterocycles. The van der Waals surface area contributed by atoms with Crippen LogP contribution >= 0.6 is 0 Å². The van der Waals surface area contributed by atoms with Gasteiger partial charge in [-0.05, 0) is 12.3 Å². The number of hydrogen-bond acceptors (Lipinski definition) is 5. The van der Waals surface area contributed by atoms with Crippen LogP contribution in [0.2, 0.25) is 0 Å². The number of nitrogens with two attached hydrogens (primary N) is 2. The summed E-state index contributed by atoms with van der Waals surface area (Å²) in [6.45, 7) is 0. The van der Waals surface area contributed by atoms with Crippen LogP contribution in [0.25, 0.3) is 0 Å². The minimum atomic E-state index is -1.14. The Hall–Kier alpha value is -0.650. The van der Waals surface area contributed by atoms with Crippen molar-refractivity contribution in [1.82, 2.24) is 0 Å². The van der Waals surface area contributed by atoms with Crippen molar-refractivity contribution in [2.45, 2.75) is 38.1 Å². The van der Waals surface area contributed by atoms with Gasteiger partial charge < -0.3 is 9.84 Å². The maximum Gasteiger partial charge on any atom is 0.337 e. The lowest BCUT2D eigenvalue weighted by atomic mass is 9.81. The summed E-state index contributed by atoms with van der Waals surface area (Å²) in [6.07, 6.45) is 1.61. The molecular formula is C8H16N2O3. The highest BCUT2D eigenvalue weighted by atomic mass is 16.6. The van der Waals surface area contributed by atoms with Crippen LogP contribution < -0.4 is 11.5 Å². The average Bonchev–Trinajstić information content (AvgIpc) is 1.94. The molecule has 0 aliphatic heterocycles. The van der Waals surface area contributed by atoms with Gasteiger partial charge in [-0.3, -0.25) is 11.5 Å². The number of esters is 1. The molecule has 76 valence electrons. The van der Waals surface area contributed by atoms with E-state index in [4.69, 9.17) is 11.5 Å². The summed E-state index contributed by atoms with van der Waals surface area (Å²) in [4.78, 5) is 11.0. The van der Waals surface area contributed by atoms with E-state index in [1.165, 1.54) is 6.42 Å². The summed E-state index contributed by atoms with van der Waals surface area (Å²) < 4.78 is 4.45. The summed E-state index contributed by atoms with van der Waals surface area (Å²) >= 11 is 0. The number of hydrogen-bond donors (Lipinski definition) is 3. The molecule has 0 radical (unpaired) electrons. The molecule has 5 N–H and O–H groups in total. The second kappa shape index (κ2) is 4.55. The molecular weight excluding hydrogens is 172 g/mol. The molecule has 1 aliphatic carbocycles. The maximum absolute atomic E-state index is 11.0. The Balaban J connectivity index is 2.20. The van der Waals surface area contributed by atoms with Crippen molar-refractivity contribution in [2.24, 2.45) is 17.4 Å². The van der Waals surface area contributed by atoms with Gasteiger partial charge in [0.15, 0.2) is 6.10 Å². The van der Waals surface area contributed by atoms with Crippen molar-refractivity contribution in [2.75, 3.05) is 0 Å². The van der Waals surface area contributed by atoms with Crippen LogP contribution in [-0.4, -0.2) is 23.5 Å². The van der Waals surface area contributed by atoms with Crippen molar-refractivity contribution in [3.05, 3.63) is 0 Å². The Labute approximate surface area is 77.0 Å². The second-order valence-corrected chi connectivity index (χ2v) is 3.45. The topological polar surface area (TPSA) is 98.6 Å². The van der Waals surface area contributed by atoms with Crippen molar-refractivity contribution >= 4 is 5.97 Å². The SMILES string of the molecule is NC(N)OC(=O)C(O)CC1CCC1. The fourth-order valence-electron chi connectivity index (χ4n) is 1.35. The van der Waals surface area contributed by atoms with E-state index >= 15 is 0 Å². The molecule has 1 rings (SSSR count). The molecule has 1 unspecified atom stereocenters. The first kappa shape index (κ1) is 10.4. The largest absolute Gasteiger partial charge is 0.432 e. The molecule has 0 amide bonds. The lowest BCUT2D eigenvalue weighted by Crippen LogP contribution is -2.40. The van der Waals surface area contributed by atoms with Gasteiger partial charge >= 0.3 is 5.97 Å². The monoisotopic (exact) mass is 188 g/mol. The first-order chi connectivity index (χ1) is 6.09. The standard InChI is InChI=1S/C8H16N2O3/c9-8(10)13-7(12)6(11)4-5-2-1-3-5/h5-6,8,11H,1-4,9-10H2. The van der Waals surface area contributed by atoms with E-state index in [1.54, 1.807) is 0 Å². The lowest BCUT2D eigenvalue weighted by Gasteiger charge is -2.26.